The van der Waals surface area contributed by atoms with Gasteiger partial charge in [0.2, 0.25) is 0 Å². The average molecular weight is 205 g/mol. The van der Waals surface area contributed by atoms with Crippen LogP contribution in [0.2, 0.25) is 0 Å². The molecule has 14 heavy (non-hydrogen) atoms. The first kappa shape index (κ1) is 11.2. The SMILES string of the molecule is [N-]=[N+]=NC[C@H]1OC(O)[C@@](O)(CO)[C@@H]1O. The van der Waals surface area contributed by atoms with Crippen molar-refractivity contribution in [1.82, 2.24) is 0 Å². The zero-order valence-electron chi connectivity index (χ0n) is 7.19. The van der Waals surface area contributed by atoms with Crippen molar-refractivity contribution >= 4 is 0 Å². The van der Waals surface area contributed by atoms with E-state index in [-0.39, 0.29) is 6.54 Å². The highest BCUT2D eigenvalue weighted by Gasteiger charge is 2.54. The Bertz CT molecular complexity index is 256. The Balaban J connectivity index is 2.73. The van der Waals surface area contributed by atoms with E-state index < -0.39 is 30.7 Å². The first-order chi connectivity index (χ1) is 6.56. The average Bonchev–Trinajstić information content (AvgIpc) is 2.40. The molecule has 4 atom stereocenters. The number of aliphatic hydroxyl groups excluding tert-OH is 3. The summed E-state index contributed by atoms with van der Waals surface area (Å²) in [5.74, 6) is 0. The van der Waals surface area contributed by atoms with Crippen molar-refractivity contribution in [3.8, 4) is 0 Å². The van der Waals surface area contributed by atoms with Gasteiger partial charge in [-0.3, -0.25) is 0 Å². The Morgan fingerprint density at radius 3 is 2.57 bits per heavy atom. The molecule has 4 N–H and O–H groups in total. The number of aliphatic hydroxyl groups is 4. The molecule has 0 bridgehead atoms. The number of nitrogens with zero attached hydrogens (tertiary/aromatic N) is 3. The van der Waals surface area contributed by atoms with Crippen LogP contribution in [-0.4, -0.2) is 57.7 Å². The lowest BCUT2D eigenvalue weighted by atomic mass is 9.96. The summed E-state index contributed by atoms with van der Waals surface area (Å²) in [4.78, 5) is 2.44. The van der Waals surface area contributed by atoms with Gasteiger partial charge in [0.05, 0.1) is 19.3 Å². The lowest BCUT2D eigenvalue weighted by molar-refractivity contribution is -0.189. The van der Waals surface area contributed by atoms with Crippen LogP contribution in [0.4, 0.5) is 0 Å². The Labute approximate surface area is 79.0 Å². The molecule has 0 aromatic heterocycles. The summed E-state index contributed by atoms with van der Waals surface area (Å²) in [7, 11) is 0. The second-order valence-electron chi connectivity index (χ2n) is 3.03. The molecule has 0 radical (unpaired) electrons. The molecular formula is C6H11N3O5. The molecule has 80 valence electrons. The van der Waals surface area contributed by atoms with E-state index in [4.69, 9.17) is 20.5 Å². The maximum atomic E-state index is 9.50. The van der Waals surface area contributed by atoms with Gasteiger partial charge in [-0.25, -0.2) is 0 Å². The number of azide groups is 1. The van der Waals surface area contributed by atoms with Crippen molar-refractivity contribution in [2.75, 3.05) is 13.2 Å². The van der Waals surface area contributed by atoms with Gasteiger partial charge < -0.3 is 25.2 Å². The van der Waals surface area contributed by atoms with Gasteiger partial charge in [0.25, 0.3) is 0 Å². The third-order valence-electron chi connectivity index (χ3n) is 2.17. The maximum Gasteiger partial charge on any atom is 0.189 e. The van der Waals surface area contributed by atoms with Crippen molar-refractivity contribution < 1.29 is 25.2 Å². The van der Waals surface area contributed by atoms with E-state index in [0.29, 0.717) is 0 Å². The molecule has 1 fully saturated rings. The Morgan fingerprint density at radius 2 is 2.14 bits per heavy atom. The Kier molecular flexibility index (Phi) is 3.27. The van der Waals surface area contributed by atoms with Crippen LogP contribution in [0.1, 0.15) is 0 Å². The van der Waals surface area contributed by atoms with Crippen molar-refractivity contribution in [2.24, 2.45) is 5.11 Å². The molecule has 1 heterocycles. The highest BCUT2D eigenvalue weighted by Crippen LogP contribution is 2.29. The van der Waals surface area contributed by atoms with E-state index >= 15 is 0 Å². The lowest BCUT2D eigenvalue weighted by Gasteiger charge is -2.25. The van der Waals surface area contributed by atoms with Gasteiger partial charge in [-0.1, -0.05) is 5.11 Å². The zero-order valence-corrected chi connectivity index (χ0v) is 7.19. The molecule has 1 rings (SSSR count). The molecule has 0 aliphatic carbocycles. The van der Waals surface area contributed by atoms with E-state index in [0.717, 1.165) is 0 Å². The van der Waals surface area contributed by atoms with E-state index in [1.807, 2.05) is 0 Å². The van der Waals surface area contributed by atoms with Crippen LogP contribution in [0.5, 0.6) is 0 Å². The van der Waals surface area contributed by atoms with Crippen LogP contribution in [-0.2, 0) is 4.74 Å². The van der Waals surface area contributed by atoms with E-state index in [1.165, 1.54) is 0 Å². The molecule has 8 nitrogen and oxygen atoms in total. The van der Waals surface area contributed by atoms with Gasteiger partial charge in [-0.15, -0.1) is 0 Å². The van der Waals surface area contributed by atoms with Crippen molar-refractivity contribution in [3.05, 3.63) is 10.4 Å². The molecule has 0 saturated carbocycles. The number of rotatable bonds is 3. The second kappa shape index (κ2) is 4.09. The monoisotopic (exact) mass is 205 g/mol. The predicted molar refractivity (Wildman–Crippen MR) is 42.9 cm³/mol. The second-order valence-corrected chi connectivity index (χ2v) is 3.03. The highest BCUT2D eigenvalue weighted by atomic mass is 16.6. The summed E-state index contributed by atoms with van der Waals surface area (Å²) in [6, 6.07) is 0. The fourth-order valence-electron chi connectivity index (χ4n) is 1.26. The van der Waals surface area contributed by atoms with Gasteiger partial charge in [0.1, 0.15) is 6.10 Å². The normalized spacial score (nSPS) is 42.1. The van der Waals surface area contributed by atoms with Crippen molar-refractivity contribution in [2.45, 2.75) is 24.1 Å². The summed E-state index contributed by atoms with van der Waals surface area (Å²) < 4.78 is 4.71. The molecule has 1 aliphatic heterocycles. The van der Waals surface area contributed by atoms with E-state index in [2.05, 4.69) is 10.0 Å². The molecule has 1 unspecified atom stereocenters. The summed E-state index contributed by atoms with van der Waals surface area (Å²) >= 11 is 0. The van der Waals surface area contributed by atoms with Crippen LogP contribution < -0.4 is 0 Å². The summed E-state index contributed by atoms with van der Waals surface area (Å²) in [6.45, 7) is -1.07. The van der Waals surface area contributed by atoms with Crippen LogP contribution in [0, 0.1) is 0 Å². The molecule has 0 amide bonds. The largest absolute Gasteiger partial charge is 0.393 e. The Hall–Kier alpha value is -0.890. The summed E-state index contributed by atoms with van der Waals surface area (Å²) in [6.07, 6.45) is -4.20. The fourth-order valence-corrected chi connectivity index (χ4v) is 1.26. The smallest absolute Gasteiger partial charge is 0.189 e. The van der Waals surface area contributed by atoms with Crippen molar-refractivity contribution in [3.63, 3.8) is 0 Å². The number of hydrogen-bond acceptors (Lipinski definition) is 6. The third kappa shape index (κ3) is 1.67. The number of hydrogen-bond donors (Lipinski definition) is 4. The minimum Gasteiger partial charge on any atom is -0.393 e. The van der Waals surface area contributed by atoms with Gasteiger partial charge in [0.15, 0.2) is 11.9 Å². The lowest BCUT2D eigenvalue weighted by Crippen LogP contribution is -2.51. The molecular weight excluding hydrogens is 194 g/mol. The topological polar surface area (TPSA) is 139 Å². The van der Waals surface area contributed by atoms with Crippen LogP contribution >= 0.6 is 0 Å². The standard InChI is InChI=1S/C6H11N3O5/c7-9-8-1-3-4(11)6(13,2-10)5(12)14-3/h3-5,10-13H,1-2H2/t3-,4-,5?,6-/m1/s1. The highest BCUT2D eigenvalue weighted by molar-refractivity contribution is 4.99. The van der Waals surface area contributed by atoms with Gasteiger partial charge in [-0.2, -0.15) is 0 Å². The van der Waals surface area contributed by atoms with Crippen LogP contribution in [0.15, 0.2) is 5.11 Å². The van der Waals surface area contributed by atoms with Gasteiger partial charge in [-0.05, 0) is 5.53 Å². The van der Waals surface area contributed by atoms with Crippen LogP contribution in [0.3, 0.4) is 0 Å². The fraction of sp³-hybridized carbons (Fsp3) is 1.00. The zero-order chi connectivity index (χ0) is 10.8. The molecule has 1 aliphatic rings. The Morgan fingerprint density at radius 1 is 1.50 bits per heavy atom. The molecule has 0 aromatic rings. The predicted octanol–water partition coefficient (Wildman–Crippen LogP) is -1.90. The number of ether oxygens (including phenoxy) is 1. The summed E-state index contributed by atoms with van der Waals surface area (Å²) in [5, 5.41) is 40.0. The molecule has 1 saturated heterocycles. The minimum absolute atomic E-state index is 0.225. The molecule has 0 spiro atoms. The van der Waals surface area contributed by atoms with E-state index in [9.17, 15) is 10.2 Å². The molecule has 8 heteroatoms. The summed E-state index contributed by atoms with van der Waals surface area (Å²) in [5.41, 5.74) is 5.90. The van der Waals surface area contributed by atoms with Gasteiger partial charge in [0, 0.05) is 4.91 Å². The van der Waals surface area contributed by atoms with Crippen LogP contribution in [0.25, 0.3) is 10.4 Å². The van der Waals surface area contributed by atoms with Crippen molar-refractivity contribution in [1.29, 1.82) is 0 Å². The van der Waals surface area contributed by atoms with E-state index in [1.54, 1.807) is 0 Å². The maximum absolute atomic E-state index is 9.50. The first-order valence-electron chi connectivity index (χ1n) is 3.92. The van der Waals surface area contributed by atoms with Gasteiger partial charge >= 0.3 is 0 Å². The quantitative estimate of drug-likeness (QED) is 0.242. The minimum atomic E-state index is -2.12. The molecule has 0 aromatic carbocycles. The third-order valence-corrected chi connectivity index (χ3v) is 2.17. The first-order valence-corrected chi connectivity index (χ1v) is 3.92.